The van der Waals surface area contributed by atoms with Gasteiger partial charge >= 0.3 is 11.8 Å². The van der Waals surface area contributed by atoms with E-state index in [1.807, 2.05) is 0 Å². The van der Waals surface area contributed by atoms with E-state index >= 15 is 0 Å². The average Bonchev–Trinajstić information content (AvgIpc) is 2.85. The van der Waals surface area contributed by atoms with E-state index in [-0.39, 0.29) is 12.5 Å². The number of halogens is 1. The number of carbonyl (C=O) groups is 3. The summed E-state index contributed by atoms with van der Waals surface area (Å²) in [5.74, 6) is -1.06. The Hall–Kier alpha value is -4.18. The molecule has 0 radical (unpaired) electrons. The standard InChI is InChI=1S/C24H21BrN4O5/c1-33-21-9-5-4-8-20(21)27-22(30)15-34-17-12-10-16(11-13-17)14-26-29-24(32)23(31)28-19-7-3-2-6-18(19)25/h2-14H,15H2,1H3,(H,27,30)(H,28,31)(H,29,32)/b26-14-. The molecule has 3 N–H and O–H groups in total. The zero-order chi connectivity index (χ0) is 24.3. The first-order valence-electron chi connectivity index (χ1n) is 10.0. The molecule has 0 aliphatic rings. The molecule has 0 saturated carbocycles. The van der Waals surface area contributed by atoms with Crippen LogP contribution in [-0.4, -0.2) is 37.7 Å². The number of hydrogen-bond acceptors (Lipinski definition) is 6. The van der Waals surface area contributed by atoms with Gasteiger partial charge in [0.2, 0.25) is 0 Å². The lowest BCUT2D eigenvalue weighted by Crippen LogP contribution is -2.32. The Kier molecular flexibility index (Phi) is 8.75. The minimum atomic E-state index is -0.909. The summed E-state index contributed by atoms with van der Waals surface area (Å²) in [6.45, 7) is -0.186. The number of benzene rings is 3. The fourth-order valence-electron chi connectivity index (χ4n) is 2.69. The number of hydrazone groups is 1. The second-order valence-corrected chi connectivity index (χ2v) is 7.59. The Morgan fingerprint density at radius 1 is 0.882 bits per heavy atom. The number of hydrogen-bond donors (Lipinski definition) is 3. The van der Waals surface area contributed by atoms with Gasteiger partial charge in [0, 0.05) is 4.47 Å². The lowest BCUT2D eigenvalue weighted by Gasteiger charge is -2.10. The highest BCUT2D eigenvalue weighted by Gasteiger charge is 2.14. The molecule has 3 amide bonds. The Labute approximate surface area is 204 Å². The van der Waals surface area contributed by atoms with E-state index in [1.165, 1.54) is 13.3 Å². The van der Waals surface area contributed by atoms with Gasteiger partial charge in [-0.15, -0.1) is 0 Å². The molecule has 0 bridgehead atoms. The predicted octanol–water partition coefficient (Wildman–Crippen LogP) is 3.56. The monoisotopic (exact) mass is 524 g/mol. The normalized spacial score (nSPS) is 10.4. The molecule has 0 fully saturated rings. The first kappa shape index (κ1) is 24.5. The zero-order valence-corrected chi connectivity index (χ0v) is 19.7. The van der Waals surface area contributed by atoms with Gasteiger partial charge in [0.25, 0.3) is 5.91 Å². The lowest BCUT2D eigenvalue weighted by atomic mass is 10.2. The Bertz CT molecular complexity index is 1200. The third kappa shape index (κ3) is 7.17. The fourth-order valence-corrected chi connectivity index (χ4v) is 3.07. The molecule has 0 aliphatic carbocycles. The second kappa shape index (κ2) is 12.2. The number of nitrogens with one attached hydrogen (secondary N) is 3. The molecule has 10 heteroatoms. The number of methoxy groups -OCH3 is 1. The first-order chi connectivity index (χ1) is 16.5. The van der Waals surface area contributed by atoms with Crippen LogP contribution in [0.2, 0.25) is 0 Å². The first-order valence-corrected chi connectivity index (χ1v) is 10.8. The predicted molar refractivity (Wildman–Crippen MR) is 132 cm³/mol. The summed E-state index contributed by atoms with van der Waals surface area (Å²) in [7, 11) is 1.52. The van der Waals surface area contributed by atoms with Crippen LogP contribution in [0.25, 0.3) is 0 Å². The summed E-state index contributed by atoms with van der Waals surface area (Å²) in [5, 5.41) is 8.99. The van der Waals surface area contributed by atoms with Crippen molar-refractivity contribution >= 4 is 51.2 Å². The third-order valence-electron chi connectivity index (χ3n) is 4.34. The Morgan fingerprint density at radius 3 is 2.26 bits per heavy atom. The highest BCUT2D eigenvalue weighted by molar-refractivity contribution is 9.10. The van der Waals surface area contributed by atoms with Crippen molar-refractivity contribution < 1.29 is 23.9 Å². The molecule has 0 aromatic heterocycles. The fraction of sp³-hybridized carbons (Fsp3) is 0.0833. The summed E-state index contributed by atoms with van der Waals surface area (Å²) < 4.78 is 11.3. The van der Waals surface area contributed by atoms with Crippen LogP contribution in [0, 0.1) is 0 Å². The van der Waals surface area contributed by atoms with Crippen molar-refractivity contribution in [2.24, 2.45) is 5.10 Å². The molecule has 0 atom stereocenters. The van der Waals surface area contributed by atoms with Gasteiger partial charge in [-0.2, -0.15) is 5.10 Å². The van der Waals surface area contributed by atoms with E-state index in [4.69, 9.17) is 9.47 Å². The van der Waals surface area contributed by atoms with E-state index in [0.717, 1.165) is 0 Å². The van der Waals surface area contributed by atoms with Crippen LogP contribution in [0.5, 0.6) is 11.5 Å². The number of rotatable bonds is 8. The molecular weight excluding hydrogens is 504 g/mol. The maximum Gasteiger partial charge on any atom is 0.329 e. The summed E-state index contributed by atoms with van der Waals surface area (Å²) in [6, 6.07) is 20.7. The molecular formula is C24H21BrN4O5. The van der Waals surface area contributed by atoms with Crippen molar-refractivity contribution in [3.8, 4) is 11.5 Å². The molecule has 3 aromatic carbocycles. The largest absolute Gasteiger partial charge is 0.495 e. The molecule has 0 heterocycles. The highest BCUT2D eigenvalue weighted by Crippen LogP contribution is 2.23. The Morgan fingerprint density at radius 2 is 1.56 bits per heavy atom. The molecule has 0 unspecified atom stereocenters. The van der Waals surface area contributed by atoms with Gasteiger partial charge in [-0.25, -0.2) is 5.43 Å². The van der Waals surface area contributed by atoms with Gasteiger partial charge in [-0.05, 0) is 70.0 Å². The SMILES string of the molecule is COc1ccccc1NC(=O)COc1ccc(/C=N\NC(=O)C(=O)Nc2ccccc2Br)cc1. The van der Waals surface area contributed by atoms with Crippen LogP contribution in [0.3, 0.4) is 0 Å². The van der Waals surface area contributed by atoms with Crippen LogP contribution in [-0.2, 0) is 14.4 Å². The van der Waals surface area contributed by atoms with Crippen molar-refractivity contribution in [2.45, 2.75) is 0 Å². The van der Waals surface area contributed by atoms with Crippen LogP contribution >= 0.6 is 15.9 Å². The molecule has 3 rings (SSSR count). The minimum absolute atomic E-state index is 0.186. The van der Waals surface area contributed by atoms with Crippen molar-refractivity contribution in [2.75, 3.05) is 24.4 Å². The molecule has 0 spiro atoms. The van der Waals surface area contributed by atoms with E-state index in [0.29, 0.717) is 32.9 Å². The zero-order valence-electron chi connectivity index (χ0n) is 18.1. The number of anilines is 2. The van der Waals surface area contributed by atoms with E-state index in [2.05, 4.69) is 37.1 Å². The van der Waals surface area contributed by atoms with Gasteiger partial charge < -0.3 is 20.1 Å². The third-order valence-corrected chi connectivity index (χ3v) is 5.03. The molecule has 0 saturated heterocycles. The van der Waals surface area contributed by atoms with Gasteiger partial charge in [-0.3, -0.25) is 14.4 Å². The lowest BCUT2D eigenvalue weighted by molar-refractivity contribution is -0.136. The van der Waals surface area contributed by atoms with Crippen molar-refractivity contribution in [1.29, 1.82) is 0 Å². The van der Waals surface area contributed by atoms with E-state index in [1.54, 1.807) is 72.8 Å². The average molecular weight is 525 g/mol. The van der Waals surface area contributed by atoms with Crippen molar-refractivity contribution in [1.82, 2.24) is 5.43 Å². The van der Waals surface area contributed by atoms with Crippen molar-refractivity contribution in [3.05, 3.63) is 82.8 Å². The summed E-state index contributed by atoms with van der Waals surface area (Å²) >= 11 is 3.29. The van der Waals surface area contributed by atoms with Gasteiger partial charge in [0.1, 0.15) is 11.5 Å². The van der Waals surface area contributed by atoms with Gasteiger partial charge in [0.05, 0.1) is 24.7 Å². The molecule has 9 nitrogen and oxygen atoms in total. The number of carbonyl (C=O) groups excluding carboxylic acids is 3. The van der Waals surface area contributed by atoms with E-state index in [9.17, 15) is 14.4 Å². The number of ether oxygens (including phenoxy) is 2. The maximum atomic E-state index is 12.1. The molecule has 174 valence electrons. The smallest absolute Gasteiger partial charge is 0.329 e. The summed E-state index contributed by atoms with van der Waals surface area (Å²) in [5.41, 5.74) is 3.84. The minimum Gasteiger partial charge on any atom is -0.495 e. The molecule has 3 aromatic rings. The Balaban J connectivity index is 1.45. The van der Waals surface area contributed by atoms with E-state index < -0.39 is 11.8 Å². The van der Waals surface area contributed by atoms with Gasteiger partial charge in [0.15, 0.2) is 6.61 Å². The summed E-state index contributed by atoms with van der Waals surface area (Å²) in [6.07, 6.45) is 1.38. The summed E-state index contributed by atoms with van der Waals surface area (Å²) in [4.78, 5) is 36.0. The van der Waals surface area contributed by atoms with Crippen LogP contribution in [0.4, 0.5) is 11.4 Å². The molecule has 34 heavy (non-hydrogen) atoms. The number of nitrogens with zero attached hydrogens (tertiary/aromatic N) is 1. The van der Waals surface area contributed by atoms with Crippen molar-refractivity contribution in [3.63, 3.8) is 0 Å². The number of para-hydroxylation sites is 3. The maximum absolute atomic E-state index is 12.1. The topological polar surface area (TPSA) is 118 Å². The van der Waals surface area contributed by atoms with Crippen LogP contribution in [0.1, 0.15) is 5.56 Å². The number of amides is 3. The van der Waals surface area contributed by atoms with Crippen LogP contribution in [0.15, 0.2) is 82.4 Å². The highest BCUT2D eigenvalue weighted by atomic mass is 79.9. The quantitative estimate of drug-likeness (QED) is 0.236. The second-order valence-electron chi connectivity index (χ2n) is 6.74. The van der Waals surface area contributed by atoms with Gasteiger partial charge in [-0.1, -0.05) is 24.3 Å². The molecule has 0 aliphatic heterocycles. The van der Waals surface area contributed by atoms with Crippen LogP contribution < -0.4 is 25.5 Å².